The molecule has 0 aromatic rings. The van der Waals surface area contributed by atoms with Crippen molar-refractivity contribution in [1.29, 1.82) is 0 Å². The molecule has 2 bridgehead atoms. The molecule has 0 aromatic carbocycles. The van der Waals surface area contributed by atoms with E-state index < -0.39 is 28.7 Å². The molecule has 3 rings (SSSR count). The van der Waals surface area contributed by atoms with Gasteiger partial charge in [-0.1, -0.05) is 46.3 Å². The Hall–Kier alpha value is -1.80. The molecule has 3 amide bonds. The predicted octanol–water partition coefficient (Wildman–Crippen LogP) is 3.58. The molecule has 8 atom stereocenters. The summed E-state index contributed by atoms with van der Waals surface area (Å²) in [6.45, 7) is 21.1. The highest BCUT2D eigenvalue weighted by atomic mass is 32.2. The van der Waals surface area contributed by atoms with Crippen molar-refractivity contribution < 1.29 is 19.5 Å². The van der Waals surface area contributed by atoms with Gasteiger partial charge in [0.2, 0.25) is 17.7 Å². The first-order chi connectivity index (χ1) is 17.6. The highest BCUT2D eigenvalue weighted by Crippen LogP contribution is 2.69. The molecular weight excluding hydrogens is 486 g/mol. The number of aliphatic hydroxyl groups is 1. The van der Waals surface area contributed by atoms with Crippen LogP contribution in [0.25, 0.3) is 0 Å². The number of carbonyl (C=O) groups is 3. The van der Waals surface area contributed by atoms with E-state index >= 15 is 0 Å². The third-order valence-electron chi connectivity index (χ3n) is 8.93. The van der Waals surface area contributed by atoms with Crippen LogP contribution in [-0.4, -0.2) is 91.9 Å². The van der Waals surface area contributed by atoms with Crippen LogP contribution in [0.1, 0.15) is 60.8 Å². The summed E-state index contributed by atoms with van der Waals surface area (Å²) in [4.78, 5) is 48.2. The van der Waals surface area contributed by atoms with Crippen LogP contribution in [0.15, 0.2) is 25.3 Å². The minimum atomic E-state index is -0.722. The van der Waals surface area contributed by atoms with Gasteiger partial charge in [0.25, 0.3) is 0 Å². The van der Waals surface area contributed by atoms with E-state index in [2.05, 4.69) is 20.1 Å². The number of hydrogen-bond donors (Lipinski definition) is 1. The van der Waals surface area contributed by atoms with Crippen LogP contribution in [-0.2, 0) is 14.4 Å². The molecule has 3 unspecified atom stereocenters. The Morgan fingerprint density at radius 3 is 2.35 bits per heavy atom. The first-order valence-corrected chi connectivity index (χ1v) is 14.9. The van der Waals surface area contributed by atoms with Crippen molar-refractivity contribution in [2.75, 3.05) is 26.2 Å². The smallest absolute Gasteiger partial charge is 0.247 e. The summed E-state index contributed by atoms with van der Waals surface area (Å²) in [7, 11) is 0. The minimum Gasteiger partial charge on any atom is -0.394 e. The van der Waals surface area contributed by atoms with Crippen molar-refractivity contribution in [2.45, 2.75) is 88.9 Å². The minimum absolute atomic E-state index is 0.00107. The van der Waals surface area contributed by atoms with Crippen LogP contribution in [0.3, 0.4) is 0 Å². The Morgan fingerprint density at radius 1 is 1.19 bits per heavy atom. The lowest BCUT2D eigenvalue weighted by Crippen LogP contribution is -2.61. The normalized spacial score (nSPS) is 31.8. The van der Waals surface area contributed by atoms with E-state index in [9.17, 15) is 19.5 Å². The molecular formula is C29H47N3O4S. The van der Waals surface area contributed by atoms with E-state index in [1.54, 1.807) is 33.7 Å². The lowest BCUT2D eigenvalue weighted by Gasteiger charge is -2.43. The second-order valence-electron chi connectivity index (χ2n) is 11.4. The van der Waals surface area contributed by atoms with E-state index in [0.717, 1.165) is 19.3 Å². The van der Waals surface area contributed by atoms with Crippen LogP contribution < -0.4 is 0 Å². The zero-order valence-electron chi connectivity index (χ0n) is 23.6. The summed E-state index contributed by atoms with van der Waals surface area (Å²) in [5.74, 6) is -1.19. The van der Waals surface area contributed by atoms with Crippen LogP contribution in [0, 0.1) is 23.7 Å². The third-order valence-corrected chi connectivity index (χ3v) is 11.0. The van der Waals surface area contributed by atoms with Gasteiger partial charge in [0, 0.05) is 30.9 Å². The van der Waals surface area contributed by atoms with Gasteiger partial charge in [0.05, 0.1) is 29.2 Å². The van der Waals surface area contributed by atoms with Gasteiger partial charge in [-0.25, -0.2) is 0 Å². The molecule has 0 radical (unpaired) electrons. The van der Waals surface area contributed by atoms with E-state index in [1.807, 2.05) is 39.5 Å². The third kappa shape index (κ3) is 4.77. The van der Waals surface area contributed by atoms with Gasteiger partial charge >= 0.3 is 0 Å². The molecule has 3 fully saturated rings. The molecule has 3 aliphatic heterocycles. The monoisotopic (exact) mass is 533 g/mol. The van der Waals surface area contributed by atoms with Crippen LogP contribution in [0.4, 0.5) is 0 Å². The lowest BCUT2D eigenvalue weighted by atomic mass is 9.65. The first kappa shape index (κ1) is 29.8. The number of hydrogen-bond acceptors (Lipinski definition) is 5. The number of nitrogens with zero attached hydrogens (tertiary/aromatic N) is 3. The highest BCUT2D eigenvalue weighted by Gasteiger charge is 2.77. The van der Waals surface area contributed by atoms with Crippen molar-refractivity contribution in [2.24, 2.45) is 23.7 Å². The Kier molecular flexibility index (Phi) is 9.60. The summed E-state index contributed by atoms with van der Waals surface area (Å²) in [6, 6.07) is -1.27. The van der Waals surface area contributed by atoms with E-state index in [-0.39, 0.29) is 47.5 Å². The van der Waals surface area contributed by atoms with Gasteiger partial charge in [0.1, 0.15) is 6.04 Å². The first-order valence-electron chi connectivity index (χ1n) is 14.0. The Bertz CT molecular complexity index is 894. The molecule has 1 N–H and O–H groups in total. The molecule has 0 aliphatic carbocycles. The maximum Gasteiger partial charge on any atom is 0.247 e. The van der Waals surface area contributed by atoms with Crippen molar-refractivity contribution >= 4 is 29.5 Å². The second kappa shape index (κ2) is 11.9. The number of rotatable bonds is 13. The Balaban J connectivity index is 2.18. The number of carbonyl (C=O) groups excluding carboxylic acids is 3. The summed E-state index contributed by atoms with van der Waals surface area (Å²) in [5.41, 5.74) is 0. The topological polar surface area (TPSA) is 81.2 Å². The zero-order chi connectivity index (χ0) is 27.7. The number of aliphatic hydroxyl groups excluding tert-OH is 1. The fourth-order valence-corrected chi connectivity index (χ4v) is 9.37. The van der Waals surface area contributed by atoms with Gasteiger partial charge in [-0.3, -0.25) is 14.4 Å². The fourth-order valence-electron chi connectivity index (χ4n) is 6.97. The van der Waals surface area contributed by atoms with Crippen molar-refractivity contribution in [1.82, 2.24) is 14.7 Å². The maximum atomic E-state index is 14.5. The van der Waals surface area contributed by atoms with Crippen LogP contribution >= 0.6 is 11.8 Å². The second-order valence-corrected chi connectivity index (χ2v) is 12.9. The van der Waals surface area contributed by atoms with Crippen LogP contribution in [0.2, 0.25) is 0 Å². The molecule has 8 heteroatoms. The summed E-state index contributed by atoms with van der Waals surface area (Å²) in [6.07, 6.45) is 5.85. The molecule has 208 valence electrons. The molecule has 1 spiro atoms. The van der Waals surface area contributed by atoms with Gasteiger partial charge in [-0.2, -0.15) is 0 Å². The number of thioether (sulfide) groups is 1. The molecule has 0 aromatic heterocycles. The van der Waals surface area contributed by atoms with Crippen molar-refractivity contribution in [3.8, 4) is 0 Å². The largest absolute Gasteiger partial charge is 0.394 e. The molecule has 3 heterocycles. The van der Waals surface area contributed by atoms with Gasteiger partial charge < -0.3 is 19.8 Å². The zero-order valence-corrected chi connectivity index (χ0v) is 24.4. The molecule has 0 saturated carbocycles. The Labute approximate surface area is 227 Å². The molecule has 37 heavy (non-hydrogen) atoms. The molecule has 7 nitrogen and oxygen atoms in total. The quantitative estimate of drug-likeness (QED) is 0.366. The summed E-state index contributed by atoms with van der Waals surface area (Å²) in [5, 5.41) is 10.5. The van der Waals surface area contributed by atoms with Crippen molar-refractivity contribution in [3.63, 3.8) is 0 Å². The van der Waals surface area contributed by atoms with E-state index in [0.29, 0.717) is 19.6 Å². The fraction of sp³-hybridized carbons (Fsp3) is 0.759. The predicted molar refractivity (Wildman–Crippen MR) is 150 cm³/mol. The van der Waals surface area contributed by atoms with Gasteiger partial charge in [0.15, 0.2) is 0 Å². The maximum absolute atomic E-state index is 14.5. The standard InChI is InChI=1S/C29H47N3O4S/c1-9-13-30(14-10-2)26(34)23-22-16-20(8)29(37-22)24(23)27(35)32(21(17-33)19(7)12-4)25(29)28(36)31(15-11-3)18(5)6/h9,11,18-25,33H,1,3,10,12-17H2,2,4-8H3/t19-,20?,21-,22+,23-,24-,25?,29?/m0/s1. The van der Waals surface area contributed by atoms with E-state index in [4.69, 9.17) is 0 Å². The number of fused-ring (bicyclic) bond motifs is 1. The SMILES string of the molecule is C=CCN(CCC)C(=O)[C@@H]1[C@H]2C(=O)N([C@@H](CO)[C@@H](C)CC)C(C(=O)N(CC=C)C(C)C)C23S[C@@H]1CC3C. The molecule has 3 aliphatic rings. The van der Waals surface area contributed by atoms with Crippen LogP contribution in [0.5, 0.6) is 0 Å². The van der Waals surface area contributed by atoms with Crippen molar-refractivity contribution in [3.05, 3.63) is 25.3 Å². The van der Waals surface area contributed by atoms with Gasteiger partial charge in [-0.05, 0) is 38.5 Å². The van der Waals surface area contributed by atoms with Gasteiger partial charge in [-0.15, -0.1) is 24.9 Å². The summed E-state index contributed by atoms with van der Waals surface area (Å²) < 4.78 is -0.694. The molecule has 3 saturated heterocycles. The summed E-state index contributed by atoms with van der Waals surface area (Å²) >= 11 is 1.70. The van der Waals surface area contributed by atoms with E-state index in [1.165, 1.54) is 0 Å². The number of likely N-dealkylation sites (tertiary alicyclic amines) is 1. The average molecular weight is 534 g/mol. The average Bonchev–Trinajstić information content (AvgIpc) is 3.45. The number of amides is 3. The highest BCUT2D eigenvalue weighted by molar-refractivity contribution is 8.02. The lowest BCUT2D eigenvalue weighted by molar-refractivity contribution is -0.148. The Morgan fingerprint density at radius 2 is 1.84 bits per heavy atom.